The van der Waals surface area contributed by atoms with E-state index >= 15 is 0 Å². The normalized spacial score (nSPS) is 11.0. The van der Waals surface area contributed by atoms with Gasteiger partial charge in [-0.2, -0.15) is 13.2 Å². The van der Waals surface area contributed by atoms with Crippen LogP contribution in [0.3, 0.4) is 0 Å². The third kappa shape index (κ3) is 5.75. The van der Waals surface area contributed by atoms with Crippen LogP contribution < -0.4 is 5.32 Å². The molecule has 0 amide bonds. The van der Waals surface area contributed by atoms with Gasteiger partial charge in [-0.15, -0.1) is 0 Å². The van der Waals surface area contributed by atoms with E-state index in [1.165, 1.54) is 16.8 Å². The predicted octanol–water partition coefficient (Wildman–Crippen LogP) is 5.04. The Kier molecular flexibility index (Phi) is 7.06. The fraction of sp³-hybridized carbons (Fsp3) is 0.150. The summed E-state index contributed by atoms with van der Waals surface area (Å²) < 4.78 is 58.4. The lowest BCUT2D eigenvalue weighted by Gasteiger charge is -2.09. The van der Waals surface area contributed by atoms with Gasteiger partial charge in [-0.3, -0.25) is 0 Å². The molecule has 0 bridgehead atoms. The molecule has 0 spiro atoms. The lowest BCUT2D eigenvalue weighted by atomic mass is 10.0. The van der Waals surface area contributed by atoms with Crippen molar-refractivity contribution in [3.8, 4) is 0 Å². The van der Waals surface area contributed by atoms with Gasteiger partial charge in [0.1, 0.15) is 0 Å². The summed E-state index contributed by atoms with van der Waals surface area (Å²) in [5, 5.41) is 12.6. The van der Waals surface area contributed by atoms with E-state index in [0.717, 1.165) is 11.6 Å². The molecule has 3 aromatic carbocycles. The van der Waals surface area contributed by atoms with Crippen LogP contribution in [-0.2, 0) is 17.9 Å². The number of fused-ring (bicyclic) bond motifs is 1. The molecule has 0 aliphatic carbocycles. The fourth-order valence-corrected chi connectivity index (χ4v) is 2.46. The van der Waals surface area contributed by atoms with E-state index < -0.39 is 23.8 Å². The van der Waals surface area contributed by atoms with E-state index in [1.54, 1.807) is 6.07 Å². The number of carbonyl (C=O) groups is 1. The molecular formula is C20H16F5NO2. The number of halogens is 5. The fourth-order valence-electron chi connectivity index (χ4n) is 2.46. The van der Waals surface area contributed by atoms with Crippen molar-refractivity contribution in [1.29, 1.82) is 0 Å². The minimum atomic E-state index is -5.08. The second-order valence-electron chi connectivity index (χ2n) is 5.76. The third-order valence-corrected chi connectivity index (χ3v) is 3.78. The monoisotopic (exact) mass is 397 g/mol. The van der Waals surface area contributed by atoms with Crippen LogP contribution >= 0.6 is 0 Å². The average Bonchev–Trinajstić information content (AvgIpc) is 2.65. The molecular weight excluding hydrogens is 381 g/mol. The molecule has 2 N–H and O–H groups in total. The highest BCUT2D eigenvalue weighted by Crippen LogP contribution is 2.18. The summed E-state index contributed by atoms with van der Waals surface area (Å²) in [6.45, 7) is 0.907. The van der Waals surface area contributed by atoms with Gasteiger partial charge in [0.25, 0.3) is 0 Å². The smallest absolute Gasteiger partial charge is 0.475 e. The number of nitrogens with one attached hydrogen (secondary N) is 1. The summed E-state index contributed by atoms with van der Waals surface area (Å²) in [4.78, 5) is 8.90. The number of hydrogen-bond donors (Lipinski definition) is 2. The Bertz CT molecular complexity index is 951. The Hall–Kier alpha value is -3.00. The van der Waals surface area contributed by atoms with Gasteiger partial charge in [-0.05, 0) is 22.4 Å². The number of benzene rings is 3. The summed E-state index contributed by atoms with van der Waals surface area (Å²) in [5.74, 6) is -4.34. The molecule has 0 atom stereocenters. The van der Waals surface area contributed by atoms with Gasteiger partial charge in [0.05, 0.1) is 0 Å². The van der Waals surface area contributed by atoms with E-state index in [2.05, 4.69) is 23.5 Å². The minimum Gasteiger partial charge on any atom is -0.475 e. The van der Waals surface area contributed by atoms with Crippen LogP contribution in [0, 0.1) is 11.6 Å². The van der Waals surface area contributed by atoms with E-state index in [1.807, 2.05) is 24.3 Å². The minimum absolute atomic E-state index is 0.298. The van der Waals surface area contributed by atoms with Crippen molar-refractivity contribution in [2.45, 2.75) is 19.3 Å². The van der Waals surface area contributed by atoms with Crippen molar-refractivity contribution in [2.75, 3.05) is 0 Å². The molecule has 0 saturated carbocycles. The van der Waals surface area contributed by atoms with Crippen molar-refractivity contribution in [3.63, 3.8) is 0 Å². The molecule has 0 heterocycles. The van der Waals surface area contributed by atoms with Gasteiger partial charge < -0.3 is 10.4 Å². The summed E-state index contributed by atoms with van der Waals surface area (Å²) >= 11 is 0. The van der Waals surface area contributed by atoms with E-state index in [9.17, 15) is 22.0 Å². The quantitative estimate of drug-likeness (QED) is 0.607. The molecule has 148 valence electrons. The van der Waals surface area contributed by atoms with Crippen LogP contribution in [0.25, 0.3) is 10.8 Å². The molecule has 0 radical (unpaired) electrons. The topological polar surface area (TPSA) is 49.3 Å². The number of alkyl halides is 3. The number of carboxylic acid groups (broad SMARTS) is 1. The van der Waals surface area contributed by atoms with Gasteiger partial charge in [-0.25, -0.2) is 13.6 Å². The second-order valence-corrected chi connectivity index (χ2v) is 5.76. The molecule has 0 fully saturated rings. The van der Waals surface area contributed by atoms with E-state index in [-0.39, 0.29) is 0 Å². The van der Waals surface area contributed by atoms with Crippen LogP contribution in [0.4, 0.5) is 22.0 Å². The Labute approximate surface area is 157 Å². The Balaban J connectivity index is 0.000000345. The third-order valence-electron chi connectivity index (χ3n) is 3.78. The number of hydrogen-bond acceptors (Lipinski definition) is 2. The average molecular weight is 397 g/mol. The molecule has 3 aromatic rings. The van der Waals surface area contributed by atoms with Crippen LogP contribution in [0.15, 0.2) is 60.7 Å². The van der Waals surface area contributed by atoms with Gasteiger partial charge in [-0.1, -0.05) is 54.6 Å². The maximum Gasteiger partial charge on any atom is 0.490 e. The van der Waals surface area contributed by atoms with Gasteiger partial charge in [0, 0.05) is 18.7 Å². The Morgan fingerprint density at radius 1 is 0.857 bits per heavy atom. The zero-order valence-corrected chi connectivity index (χ0v) is 14.4. The van der Waals surface area contributed by atoms with Gasteiger partial charge in [0.2, 0.25) is 0 Å². The second kappa shape index (κ2) is 9.27. The van der Waals surface area contributed by atoms with Crippen molar-refractivity contribution in [1.82, 2.24) is 5.32 Å². The van der Waals surface area contributed by atoms with Crippen LogP contribution in [0.2, 0.25) is 0 Å². The molecule has 0 aromatic heterocycles. The highest BCUT2D eigenvalue weighted by atomic mass is 19.4. The molecule has 28 heavy (non-hydrogen) atoms. The lowest BCUT2D eigenvalue weighted by Crippen LogP contribution is -2.21. The molecule has 3 rings (SSSR count). The molecule has 8 heteroatoms. The van der Waals surface area contributed by atoms with E-state index in [4.69, 9.17) is 9.90 Å². The largest absolute Gasteiger partial charge is 0.490 e. The molecule has 0 aliphatic heterocycles. The Morgan fingerprint density at radius 2 is 1.39 bits per heavy atom. The number of carboxylic acids is 1. The van der Waals surface area contributed by atoms with Crippen molar-refractivity contribution >= 4 is 16.7 Å². The number of rotatable bonds is 4. The molecule has 0 aliphatic rings. The molecule has 3 nitrogen and oxygen atoms in total. The summed E-state index contributed by atoms with van der Waals surface area (Å²) in [6, 6.07) is 18.5. The summed E-state index contributed by atoms with van der Waals surface area (Å²) in [7, 11) is 0. The highest BCUT2D eigenvalue weighted by molar-refractivity contribution is 5.85. The first kappa shape index (κ1) is 21.3. The van der Waals surface area contributed by atoms with Crippen molar-refractivity contribution in [3.05, 3.63) is 83.4 Å². The van der Waals surface area contributed by atoms with Crippen LogP contribution in [0.1, 0.15) is 11.1 Å². The standard InChI is InChI=1S/C18H15F2N.C2HF3O2/c19-17-10-4-8-15(18(17)20)12-21-11-14-7-3-6-13-5-1-2-9-16(13)14;3-2(4,5)1(6)7/h1-10,21H,11-12H2;(H,6,7). The van der Waals surface area contributed by atoms with Crippen molar-refractivity contribution < 1.29 is 31.9 Å². The molecule has 0 saturated heterocycles. The maximum absolute atomic E-state index is 13.6. The van der Waals surface area contributed by atoms with Gasteiger partial charge in [0.15, 0.2) is 11.6 Å². The number of aliphatic carboxylic acids is 1. The lowest BCUT2D eigenvalue weighted by molar-refractivity contribution is -0.192. The summed E-state index contributed by atoms with van der Waals surface area (Å²) in [5.41, 5.74) is 1.49. The highest BCUT2D eigenvalue weighted by Gasteiger charge is 2.38. The molecule has 0 unspecified atom stereocenters. The first-order chi connectivity index (χ1) is 13.2. The van der Waals surface area contributed by atoms with Crippen LogP contribution in [-0.4, -0.2) is 17.3 Å². The SMILES string of the molecule is Fc1cccc(CNCc2cccc3ccccc23)c1F.O=C(O)C(F)(F)F. The van der Waals surface area contributed by atoms with E-state index in [0.29, 0.717) is 18.7 Å². The predicted molar refractivity (Wildman–Crippen MR) is 94.5 cm³/mol. The zero-order valence-electron chi connectivity index (χ0n) is 14.4. The van der Waals surface area contributed by atoms with Crippen LogP contribution in [0.5, 0.6) is 0 Å². The zero-order chi connectivity index (χ0) is 20.7. The first-order valence-corrected chi connectivity index (χ1v) is 8.10. The van der Waals surface area contributed by atoms with Gasteiger partial charge >= 0.3 is 12.1 Å². The summed E-state index contributed by atoms with van der Waals surface area (Å²) in [6.07, 6.45) is -5.08. The Morgan fingerprint density at radius 3 is 2.07 bits per heavy atom. The first-order valence-electron chi connectivity index (χ1n) is 8.10. The van der Waals surface area contributed by atoms with Crippen molar-refractivity contribution in [2.24, 2.45) is 0 Å². The maximum atomic E-state index is 13.6.